The van der Waals surface area contributed by atoms with Crippen molar-refractivity contribution < 1.29 is 9.90 Å². The van der Waals surface area contributed by atoms with E-state index in [2.05, 4.69) is 10.2 Å². The minimum absolute atomic E-state index is 0.145. The molecular weight excluding hydrogens is 242 g/mol. The van der Waals surface area contributed by atoms with E-state index in [4.69, 9.17) is 22.4 Å². The molecule has 0 spiro atoms. The van der Waals surface area contributed by atoms with Gasteiger partial charge in [-0.2, -0.15) is 5.10 Å². The van der Waals surface area contributed by atoms with Gasteiger partial charge in [0.25, 0.3) is 0 Å². The predicted octanol–water partition coefficient (Wildman–Crippen LogP) is 2.32. The first-order chi connectivity index (χ1) is 8.00. The maximum absolute atomic E-state index is 11.1. The third-order valence-corrected chi connectivity index (χ3v) is 2.77. The number of carbonyl (C=O) groups is 1. The van der Waals surface area contributed by atoms with Crippen molar-refractivity contribution in [3.63, 3.8) is 0 Å². The zero-order valence-electron chi connectivity index (χ0n) is 8.99. The lowest BCUT2D eigenvalue weighted by Gasteiger charge is -2.02. The summed E-state index contributed by atoms with van der Waals surface area (Å²) >= 11 is 5.81. The van der Waals surface area contributed by atoms with Crippen molar-refractivity contribution in [2.75, 3.05) is 5.73 Å². The Morgan fingerprint density at radius 3 is 2.82 bits per heavy atom. The molecule has 88 valence electrons. The average Bonchev–Trinajstić information content (AvgIpc) is 2.64. The number of hydrogen-bond acceptors (Lipinski definition) is 3. The third-order valence-electron chi connectivity index (χ3n) is 2.43. The van der Waals surface area contributed by atoms with Gasteiger partial charge in [0.1, 0.15) is 11.3 Å². The number of nitrogens with one attached hydrogen (secondary N) is 1. The van der Waals surface area contributed by atoms with Crippen LogP contribution in [0.4, 0.5) is 5.69 Å². The Bertz CT molecular complexity index is 592. The van der Waals surface area contributed by atoms with Crippen LogP contribution in [0, 0.1) is 6.92 Å². The van der Waals surface area contributed by atoms with Crippen LogP contribution in [-0.2, 0) is 0 Å². The first-order valence-corrected chi connectivity index (χ1v) is 5.22. The molecular formula is C11H10ClN3O2. The van der Waals surface area contributed by atoms with Crippen LogP contribution < -0.4 is 5.73 Å². The summed E-state index contributed by atoms with van der Waals surface area (Å²) in [5, 5.41) is 16.2. The highest BCUT2D eigenvalue weighted by Crippen LogP contribution is 2.28. The molecule has 17 heavy (non-hydrogen) atoms. The Balaban J connectivity index is 2.60. The highest BCUT2D eigenvalue weighted by Gasteiger charge is 2.18. The molecule has 5 nitrogen and oxygen atoms in total. The van der Waals surface area contributed by atoms with E-state index in [1.165, 1.54) is 0 Å². The summed E-state index contributed by atoms with van der Waals surface area (Å²) in [6.45, 7) is 1.65. The van der Waals surface area contributed by atoms with Crippen LogP contribution in [0.25, 0.3) is 11.3 Å². The number of rotatable bonds is 2. The maximum Gasteiger partial charge on any atom is 0.339 e. The van der Waals surface area contributed by atoms with Gasteiger partial charge in [0.2, 0.25) is 0 Å². The van der Waals surface area contributed by atoms with Gasteiger partial charge in [-0.25, -0.2) is 4.79 Å². The highest BCUT2D eigenvalue weighted by molar-refractivity contribution is 6.33. The SMILES string of the molecule is Cc1[nH]nc(-c2ccc(Cl)c(N)c2)c1C(=O)O. The molecule has 0 fully saturated rings. The van der Waals surface area contributed by atoms with Crippen LogP contribution in [-0.4, -0.2) is 21.3 Å². The number of aromatic carboxylic acids is 1. The summed E-state index contributed by atoms with van der Waals surface area (Å²) in [5.41, 5.74) is 7.69. The summed E-state index contributed by atoms with van der Waals surface area (Å²) in [5.74, 6) is -1.03. The second-order valence-corrected chi connectivity index (χ2v) is 4.02. The molecule has 0 aliphatic heterocycles. The zero-order valence-corrected chi connectivity index (χ0v) is 9.75. The molecule has 0 atom stereocenters. The van der Waals surface area contributed by atoms with E-state index in [0.717, 1.165) is 0 Å². The third kappa shape index (κ3) is 1.97. The molecule has 0 aliphatic rings. The molecule has 1 aromatic heterocycles. The fourth-order valence-electron chi connectivity index (χ4n) is 1.59. The smallest absolute Gasteiger partial charge is 0.339 e. The monoisotopic (exact) mass is 251 g/mol. The standard InChI is InChI=1S/C11H10ClN3O2/c1-5-9(11(16)17)10(15-14-5)6-2-3-7(12)8(13)4-6/h2-4H,13H2,1H3,(H,14,15)(H,16,17). The van der Waals surface area contributed by atoms with Crippen LogP contribution >= 0.6 is 11.6 Å². The number of nitrogen functional groups attached to an aromatic ring is 1. The fourth-order valence-corrected chi connectivity index (χ4v) is 1.71. The first-order valence-electron chi connectivity index (χ1n) is 4.84. The number of aromatic nitrogens is 2. The minimum atomic E-state index is -1.03. The normalized spacial score (nSPS) is 10.5. The molecule has 2 aromatic rings. The van der Waals surface area contributed by atoms with Gasteiger partial charge in [-0.15, -0.1) is 0 Å². The van der Waals surface area contributed by atoms with Crippen molar-refractivity contribution in [1.82, 2.24) is 10.2 Å². The van der Waals surface area contributed by atoms with E-state index in [9.17, 15) is 4.79 Å². The van der Waals surface area contributed by atoms with Crippen molar-refractivity contribution >= 4 is 23.3 Å². The Morgan fingerprint density at radius 2 is 2.24 bits per heavy atom. The number of H-pyrrole nitrogens is 1. The lowest BCUT2D eigenvalue weighted by molar-refractivity contribution is 0.0697. The molecule has 0 bridgehead atoms. The van der Waals surface area contributed by atoms with Gasteiger partial charge in [-0.05, 0) is 19.1 Å². The molecule has 1 aromatic carbocycles. The molecule has 6 heteroatoms. The van der Waals surface area contributed by atoms with E-state index in [1.807, 2.05) is 0 Å². The Kier molecular flexibility index (Phi) is 2.77. The van der Waals surface area contributed by atoms with Crippen LogP contribution in [0.3, 0.4) is 0 Å². The summed E-state index contributed by atoms with van der Waals surface area (Å²) in [6.07, 6.45) is 0. The number of nitrogens with two attached hydrogens (primary N) is 1. The van der Waals surface area contributed by atoms with Gasteiger partial charge >= 0.3 is 5.97 Å². The molecule has 0 aliphatic carbocycles. The van der Waals surface area contributed by atoms with Gasteiger partial charge in [0.05, 0.1) is 10.7 Å². The first kappa shape index (κ1) is 11.5. The largest absolute Gasteiger partial charge is 0.478 e. The van der Waals surface area contributed by atoms with Crippen LogP contribution in [0.1, 0.15) is 16.1 Å². The van der Waals surface area contributed by atoms with E-state index in [1.54, 1.807) is 25.1 Å². The summed E-state index contributed by atoms with van der Waals surface area (Å²) in [6, 6.07) is 4.90. The fraction of sp³-hybridized carbons (Fsp3) is 0.0909. The highest BCUT2D eigenvalue weighted by atomic mass is 35.5. The molecule has 1 heterocycles. The quantitative estimate of drug-likeness (QED) is 0.714. The van der Waals surface area contributed by atoms with Gasteiger partial charge in [-0.3, -0.25) is 5.10 Å². The van der Waals surface area contributed by atoms with Gasteiger partial charge < -0.3 is 10.8 Å². The average molecular weight is 252 g/mol. The zero-order chi connectivity index (χ0) is 12.6. The van der Waals surface area contributed by atoms with Crippen molar-refractivity contribution in [3.05, 3.63) is 34.5 Å². The van der Waals surface area contributed by atoms with E-state index in [-0.39, 0.29) is 5.56 Å². The van der Waals surface area contributed by atoms with E-state index < -0.39 is 5.97 Å². The van der Waals surface area contributed by atoms with Gasteiger partial charge in [-0.1, -0.05) is 17.7 Å². The number of halogens is 1. The summed E-state index contributed by atoms with van der Waals surface area (Å²) in [7, 11) is 0. The van der Waals surface area contributed by atoms with Crippen molar-refractivity contribution in [2.24, 2.45) is 0 Å². The molecule has 0 saturated heterocycles. The number of aromatic amines is 1. The van der Waals surface area contributed by atoms with E-state index in [0.29, 0.717) is 27.7 Å². The number of anilines is 1. The number of carboxylic acid groups (broad SMARTS) is 1. The lowest BCUT2D eigenvalue weighted by Crippen LogP contribution is -1.99. The Morgan fingerprint density at radius 1 is 1.53 bits per heavy atom. The Labute approximate surface area is 102 Å². The Hall–Kier alpha value is -2.01. The molecule has 4 N–H and O–H groups in total. The number of aryl methyl sites for hydroxylation is 1. The second-order valence-electron chi connectivity index (χ2n) is 3.61. The van der Waals surface area contributed by atoms with Crippen LogP contribution in [0.15, 0.2) is 18.2 Å². The van der Waals surface area contributed by atoms with Gasteiger partial charge in [0, 0.05) is 11.3 Å². The summed E-state index contributed by atoms with van der Waals surface area (Å²) < 4.78 is 0. The van der Waals surface area contributed by atoms with Gasteiger partial charge in [0.15, 0.2) is 0 Å². The summed E-state index contributed by atoms with van der Waals surface area (Å²) in [4.78, 5) is 11.1. The van der Waals surface area contributed by atoms with Crippen LogP contribution in [0.5, 0.6) is 0 Å². The molecule has 0 saturated carbocycles. The topological polar surface area (TPSA) is 92.0 Å². The number of benzene rings is 1. The van der Waals surface area contributed by atoms with Crippen molar-refractivity contribution in [3.8, 4) is 11.3 Å². The maximum atomic E-state index is 11.1. The number of hydrogen-bond donors (Lipinski definition) is 3. The molecule has 0 radical (unpaired) electrons. The van der Waals surface area contributed by atoms with Crippen molar-refractivity contribution in [1.29, 1.82) is 0 Å². The molecule has 0 amide bonds. The minimum Gasteiger partial charge on any atom is -0.478 e. The van der Waals surface area contributed by atoms with Crippen molar-refractivity contribution in [2.45, 2.75) is 6.92 Å². The predicted molar refractivity (Wildman–Crippen MR) is 65.1 cm³/mol. The van der Waals surface area contributed by atoms with Crippen LogP contribution in [0.2, 0.25) is 5.02 Å². The molecule has 0 unspecified atom stereocenters. The second kappa shape index (κ2) is 4.10. The lowest BCUT2D eigenvalue weighted by atomic mass is 10.1. The number of carboxylic acids is 1. The van der Waals surface area contributed by atoms with E-state index >= 15 is 0 Å². The number of nitrogens with zero attached hydrogens (tertiary/aromatic N) is 1. The molecule has 2 rings (SSSR count).